The number of hydrogen-bond donors (Lipinski definition) is 2. The van der Waals surface area contributed by atoms with Crippen molar-refractivity contribution in [2.75, 3.05) is 0 Å². The first-order valence-electron chi connectivity index (χ1n) is 7.32. The zero-order valence-corrected chi connectivity index (χ0v) is 12.5. The zero-order valence-electron chi connectivity index (χ0n) is 11.7. The van der Waals surface area contributed by atoms with Crippen molar-refractivity contribution in [2.24, 2.45) is 5.92 Å². The van der Waals surface area contributed by atoms with Crippen molar-refractivity contribution in [3.8, 4) is 0 Å². The normalized spacial score (nSPS) is 25.0. The van der Waals surface area contributed by atoms with Crippen LogP contribution in [0.1, 0.15) is 36.8 Å². The molecular weight excluding hydrogens is 290 g/mol. The van der Waals surface area contributed by atoms with Crippen LogP contribution in [0.25, 0.3) is 0 Å². The van der Waals surface area contributed by atoms with Crippen molar-refractivity contribution in [2.45, 2.75) is 49.5 Å². The molecule has 0 amide bonds. The van der Waals surface area contributed by atoms with E-state index < -0.39 is 21.9 Å². The van der Waals surface area contributed by atoms with Crippen molar-refractivity contribution in [3.05, 3.63) is 29.3 Å². The van der Waals surface area contributed by atoms with Gasteiger partial charge in [-0.05, 0) is 61.8 Å². The minimum absolute atomic E-state index is 0.274. The maximum atomic E-state index is 12.4. The lowest BCUT2D eigenvalue weighted by Crippen LogP contribution is -2.33. The molecule has 5 nitrogen and oxygen atoms in total. The number of nitrogens with one attached hydrogen (secondary N) is 1. The van der Waals surface area contributed by atoms with Crippen LogP contribution >= 0.6 is 0 Å². The van der Waals surface area contributed by atoms with E-state index in [0.29, 0.717) is 24.2 Å². The highest BCUT2D eigenvalue weighted by Gasteiger charge is 2.32. The summed E-state index contributed by atoms with van der Waals surface area (Å²) < 4.78 is 27.5. The minimum Gasteiger partial charge on any atom is -0.481 e. The standard InChI is InChI=1S/C15H19NO4S/c17-15(18)12-4-6-13(8-12)16-21(19,20)14-7-5-10-2-1-3-11(10)9-14/h5,7,9,12-13,16H,1-4,6,8H2,(H,17,18). The molecule has 0 radical (unpaired) electrons. The summed E-state index contributed by atoms with van der Waals surface area (Å²) in [6.07, 6.45) is 4.53. The molecule has 1 saturated carbocycles. The molecule has 0 aromatic heterocycles. The number of hydrogen-bond acceptors (Lipinski definition) is 3. The SMILES string of the molecule is O=C(O)C1CCC(NS(=O)(=O)c2ccc3c(c2)CCC3)C1. The lowest BCUT2D eigenvalue weighted by atomic mass is 10.1. The van der Waals surface area contributed by atoms with Gasteiger partial charge in [0.25, 0.3) is 0 Å². The highest BCUT2D eigenvalue weighted by molar-refractivity contribution is 7.89. The van der Waals surface area contributed by atoms with Crippen LogP contribution in [0, 0.1) is 5.92 Å². The van der Waals surface area contributed by atoms with Gasteiger partial charge in [-0.15, -0.1) is 0 Å². The third-order valence-corrected chi connectivity index (χ3v) is 6.00. The second kappa shape index (κ2) is 5.42. The largest absolute Gasteiger partial charge is 0.481 e. The van der Waals surface area contributed by atoms with Crippen LogP contribution in [0.2, 0.25) is 0 Å². The Hall–Kier alpha value is -1.40. The fraction of sp³-hybridized carbons (Fsp3) is 0.533. The smallest absolute Gasteiger partial charge is 0.306 e. The summed E-state index contributed by atoms with van der Waals surface area (Å²) in [5, 5.41) is 8.97. The van der Waals surface area contributed by atoms with Gasteiger partial charge in [-0.3, -0.25) is 4.79 Å². The average Bonchev–Trinajstić information content (AvgIpc) is 3.05. The first-order chi connectivity index (χ1) is 9.95. The molecular formula is C15H19NO4S. The van der Waals surface area contributed by atoms with Gasteiger partial charge in [-0.25, -0.2) is 13.1 Å². The molecule has 2 unspecified atom stereocenters. The van der Waals surface area contributed by atoms with E-state index in [1.807, 2.05) is 6.07 Å². The Morgan fingerprint density at radius 2 is 1.95 bits per heavy atom. The van der Waals surface area contributed by atoms with Gasteiger partial charge in [0.15, 0.2) is 0 Å². The highest BCUT2D eigenvalue weighted by Crippen LogP contribution is 2.28. The third-order valence-electron chi connectivity index (χ3n) is 4.48. The van der Waals surface area contributed by atoms with Gasteiger partial charge in [-0.2, -0.15) is 0 Å². The lowest BCUT2D eigenvalue weighted by molar-refractivity contribution is -0.141. The van der Waals surface area contributed by atoms with Crippen LogP contribution in [0.3, 0.4) is 0 Å². The van der Waals surface area contributed by atoms with Gasteiger partial charge < -0.3 is 5.11 Å². The van der Waals surface area contributed by atoms with Crippen molar-refractivity contribution in [1.82, 2.24) is 4.72 Å². The van der Waals surface area contributed by atoms with Crippen molar-refractivity contribution in [1.29, 1.82) is 0 Å². The molecule has 0 bridgehead atoms. The van der Waals surface area contributed by atoms with Gasteiger partial charge in [0.2, 0.25) is 10.0 Å². The van der Waals surface area contributed by atoms with Crippen molar-refractivity contribution >= 4 is 16.0 Å². The summed E-state index contributed by atoms with van der Waals surface area (Å²) in [7, 11) is -3.56. The second-order valence-corrected chi connectivity index (χ2v) is 7.66. The molecule has 1 aromatic carbocycles. The number of sulfonamides is 1. The van der Waals surface area contributed by atoms with E-state index in [1.165, 1.54) is 5.56 Å². The second-order valence-electron chi connectivity index (χ2n) is 5.95. The first-order valence-corrected chi connectivity index (χ1v) is 8.81. The Labute approximate surface area is 124 Å². The summed E-state index contributed by atoms with van der Waals surface area (Å²) in [5.74, 6) is -1.27. The Kier molecular flexibility index (Phi) is 3.75. The van der Waals surface area contributed by atoms with Crippen molar-refractivity contribution < 1.29 is 18.3 Å². The Bertz CT molecular complexity index is 668. The van der Waals surface area contributed by atoms with E-state index in [4.69, 9.17) is 5.11 Å². The van der Waals surface area contributed by atoms with E-state index >= 15 is 0 Å². The van der Waals surface area contributed by atoms with Crippen LogP contribution in [0.15, 0.2) is 23.1 Å². The molecule has 2 aliphatic carbocycles. The molecule has 114 valence electrons. The summed E-state index contributed by atoms with van der Waals surface area (Å²) in [6, 6.07) is 5.03. The monoisotopic (exact) mass is 309 g/mol. The molecule has 2 aliphatic rings. The van der Waals surface area contributed by atoms with Crippen LogP contribution in [0.5, 0.6) is 0 Å². The van der Waals surface area contributed by atoms with Gasteiger partial charge in [0.05, 0.1) is 10.8 Å². The molecule has 0 heterocycles. The van der Waals surface area contributed by atoms with E-state index in [1.54, 1.807) is 12.1 Å². The Balaban J connectivity index is 1.74. The highest BCUT2D eigenvalue weighted by atomic mass is 32.2. The number of aryl methyl sites for hydroxylation is 2. The maximum Gasteiger partial charge on any atom is 0.306 e. The van der Waals surface area contributed by atoms with Crippen LogP contribution in [0.4, 0.5) is 0 Å². The van der Waals surface area contributed by atoms with Crippen LogP contribution in [-0.2, 0) is 27.7 Å². The number of aliphatic carboxylic acids is 1. The third kappa shape index (κ3) is 2.96. The number of carboxylic acids is 1. The maximum absolute atomic E-state index is 12.4. The quantitative estimate of drug-likeness (QED) is 0.887. The summed E-state index contributed by atoms with van der Waals surface area (Å²) >= 11 is 0. The lowest BCUT2D eigenvalue weighted by Gasteiger charge is -2.13. The summed E-state index contributed by atoms with van der Waals surface area (Å²) in [5.41, 5.74) is 2.36. The molecule has 2 N–H and O–H groups in total. The summed E-state index contributed by atoms with van der Waals surface area (Å²) in [4.78, 5) is 11.2. The van der Waals surface area contributed by atoms with Crippen molar-refractivity contribution in [3.63, 3.8) is 0 Å². The van der Waals surface area contributed by atoms with Crippen LogP contribution in [-0.4, -0.2) is 25.5 Å². The van der Waals surface area contributed by atoms with Crippen LogP contribution < -0.4 is 4.72 Å². The number of rotatable bonds is 4. The minimum atomic E-state index is -3.56. The van der Waals surface area contributed by atoms with Gasteiger partial charge in [0, 0.05) is 6.04 Å². The molecule has 1 aromatic rings. The predicted molar refractivity (Wildman–Crippen MR) is 77.6 cm³/mol. The summed E-state index contributed by atoms with van der Waals surface area (Å²) in [6.45, 7) is 0. The Morgan fingerprint density at radius 3 is 2.67 bits per heavy atom. The van der Waals surface area contributed by atoms with Gasteiger partial charge in [0.1, 0.15) is 0 Å². The number of benzene rings is 1. The molecule has 1 fully saturated rings. The molecule has 6 heteroatoms. The first kappa shape index (κ1) is 14.5. The van der Waals surface area contributed by atoms with Gasteiger partial charge >= 0.3 is 5.97 Å². The Morgan fingerprint density at radius 1 is 1.19 bits per heavy atom. The number of carboxylic acid groups (broad SMARTS) is 1. The molecule has 0 spiro atoms. The van der Waals surface area contributed by atoms with Gasteiger partial charge in [-0.1, -0.05) is 6.07 Å². The van der Waals surface area contributed by atoms with E-state index in [0.717, 1.165) is 24.8 Å². The van der Waals surface area contributed by atoms with E-state index in [9.17, 15) is 13.2 Å². The number of fused-ring (bicyclic) bond motifs is 1. The van der Waals surface area contributed by atoms with E-state index in [-0.39, 0.29) is 6.04 Å². The fourth-order valence-electron chi connectivity index (χ4n) is 3.32. The molecule has 21 heavy (non-hydrogen) atoms. The average molecular weight is 309 g/mol. The molecule has 0 aliphatic heterocycles. The number of carbonyl (C=O) groups is 1. The predicted octanol–water partition coefficient (Wildman–Crippen LogP) is 1.71. The topological polar surface area (TPSA) is 83.5 Å². The zero-order chi connectivity index (χ0) is 15.0. The molecule has 2 atom stereocenters. The van der Waals surface area contributed by atoms with E-state index in [2.05, 4.69) is 4.72 Å². The molecule has 0 saturated heterocycles. The fourth-order valence-corrected chi connectivity index (χ4v) is 4.65. The molecule has 3 rings (SSSR count).